The third-order valence-corrected chi connectivity index (χ3v) is 4.63. The SMILES string of the molecule is CCOC(=O)CN(C(=O)Cc1cccc(C(F)(F)F)c1)c1ccc(Oc2ccccc2)cc1. The molecular weight excluding hydrogens is 435 g/mol. The fraction of sp³-hybridized carbons (Fsp3) is 0.200. The zero-order valence-corrected chi connectivity index (χ0v) is 17.8. The highest BCUT2D eigenvalue weighted by atomic mass is 19.4. The molecule has 0 radical (unpaired) electrons. The Balaban J connectivity index is 1.80. The van der Waals surface area contributed by atoms with Crippen LogP contribution in [0.15, 0.2) is 78.9 Å². The molecule has 172 valence electrons. The van der Waals surface area contributed by atoms with Gasteiger partial charge in [0, 0.05) is 5.69 Å². The smallest absolute Gasteiger partial charge is 0.416 e. The van der Waals surface area contributed by atoms with Crippen LogP contribution in [0.4, 0.5) is 18.9 Å². The third-order valence-electron chi connectivity index (χ3n) is 4.63. The van der Waals surface area contributed by atoms with Crippen LogP contribution in [0.2, 0.25) is 0 Å². The summed E-state index contributed by atoms with van der Waals surface area (Å²) >= 11 is 0. The van der Waals surface area contributed by atoms with Gasteiger partial charge in [0.15, 0.2) is 0 Å². The number of carbonyl (C=O) groups excluding carboxylic acids is 2. The Kier molecular flexibility index (Phi) is 7.71. The van der Waals surface area contributed by atoms with Gasteiger partial charge in [0.1, 0.15) is 18.0 Å². The first-order valence-corrected chi connectivity index (χ1v) is 10.2. The number of hydrogen-bond donors (Lipinski definition) is 0. The summed E-state index contributed by atoms with van der Waals surface area (Å²) in [7, 11) is 0. The van der Waals surface area contributed by atoms with Crippen molar-refractivity contribution in [2.75, 3.05) is 18.1 Å². The Labute approximate surface area is 189 Å². The lowest BCUT2D eigenvalue weighted by molar-refractivity contribution is -0.142. The van der Waals surface area contributed by atoms with Crippen LogP contribution in [0.5, 0.6) is 11.5 Å². The van der Waals surface area contributed by atoms with Gasteiger partial charge in [-0.2, -0.15) is 13.2 Å². The molecule has 33 heavy (non-hydrogen) atoms. The van der Waals surface area contributed by atoms with E-state index < -0.39 is 23.6 Å². The molecule has 0 bridgehead atoms. The maximum absolute atomic E-state index is 13.0. The summed E-state index contributed by atoms with van der Waals surface area (Å²) in [6.45, 7) is 1.41. The Morgan fingerprint density at radius 3 is 2.18 bits per heavy atom. The highest BCUT2D eigenvalue weighted by molar-refractivity contribution is 5.98. The number of esters is 1. The van der Waals surface area contributed by atoms with E-state index >= 15 is 0 Å². The maximum Gasteiger partial charge on any atom is 0.416 e. The van der Waals surface area contributed by atoms with Crippen molar-refractivity contribution >= 4 is 17.6 Å². The average Bonchev–Trinajstić information content (AvgIpc) is 2.78. The van der Waals surface area contributed by atoms with E-state index in [-0.39, 0.29) is 25.1 Å². The van der Waals surface area contributed by atoms with Gasteiger partial charge in [0.25, 0.3) is 0 Å². The lowest BCUT2D eigenvalue weighted by Crippen LogP contribution is -2.37. The molecule has 0 aromatic heterocycles. The zero-order chi connectivity index (χ0) is 23.8. The van der Waals surface area contributed by atoms with Gasteiger partial charge in [-0.3, -0.25) is 9.59 Å². The number of nitrogens with zero attached hydrogens (tertiary/aromatic N) is 1. The number of amides is 1. The summed E-state index contributed by atoms with van der Waals surface area (Å²) in [4.78, 5) is 26.3. The van der Waals surface area contributed by atoms with Crippen molar-refractivity contribution in [3.8, 4) is 11.5 Å². The van der Waals surface area contributed by atoms with E-state index in [9.17, 15) is 22.8 Å². The minimum absolute atomic E-state index is 0.137. The topological polar surface area (TPSA) is 55.8 Å². The number of ether oxygens (including phenoxy) is 2. The molecule has 0 aliphatic heterocycles. The first-order valence-electron chi connectivity index (χ1n) is 10.2. The van der Waals surface area contributed by atoms with Crippen molar-refractivity contribution in [3.63, 3.8) is 0 Å². The normalized spacial score (nSPS) is 11.0. The Morgan fingerprint density at radius 2 is 1.55 bits per heavy atom. The second-order valence-electron chi connectivity index (χ2n) is 7.07. The quantitative estimate of drug-likeness (QED) is 0.411. The van der Waals surface area contributed by atoms with Gasteiger partial charge in [0.05, 0.1) is 18.6 Å². The van der Waals surface area contributed by atoms with Crippen molar-refractivity contribution in [1.82, 2.24) is 0 Å². The molecule has 0 aliphatic rings. The molecule has 0 fully saturated rings. The number of hydrogen-bond acceptors (Lipinski definition) is 4. The van der Waals surface area contributed by atoms with Crippen molar-refractivity contribution in [1.29, 1.82) is 0 Å². The lowest BCUT2D eigenvalue weighted by atomic mass is 10.1. The van der Waals surface area contributed by atoms with Crippen molar-refractivity contribution in [2.45, 2.75) is 19.5 Å². The van der Waals surface area contributed by atoms with Crippen LogP contribution in [0.1, 0.15) is 18.1 Å². The van der Waals surface area contributed by atoms with Gasteiger partial charge in [-0.25, -0.2) is 0 Å². The number of anilines is 1. The number of benzene rings is 3. The van der Waals surface area contributed by atoms with E-state index in [1.54, 1.807) is 43.3 Å². The van der Waals surface area contributed by atoms with Gasteiger partial charge >= 0.3 is 12.1 Å². The molecule has 3 aromatic rings. The molecule has 0 N–H and O–H groups in total. The number of carbonyl (C=O) groups is 2. The summed E-state index contributed by atoms with van der Waals surface area (Å²) in [6, 6.07) is 20.1. The largest absolute Gasteiger partial charge is 0.465 e. The fourth-order valence-electron chi connectivity index (χ4n) is 3.11. The molecular formula is C25H22F3NO4. The Bertz CT molecular complexity index is 1080. The van der Waals surface area contributed by atoms with Crippen molar-refractivity contribution < 1.29 is 32.2 Å². The molecule has 0 heterocycles. The van der Waals surface area contributed by atoms with Crippen LogP contribution in [0.3, 0.4) is 0 Å². The average molecular weight is 457 g/mol. The third kappa shape index (κ3) is 6.83. The van der Waals surface area contributed by atoms with E-state index in [0.29, 0.717) is 17.2 Å². The summed E-state index contributed by atoms with van der Waals surface area (Å²) in [5.74, 6) is -0.0146. The Hall–Kier alpha value is -3.81. The first kappa shape index (κ1) is 23.8. The number of alkyl halides is 3. The predicted octanol–water partition coefficient (Wildman–Crippen LogP) is 5.64. The summed E-state index contributed by atoms with van der Waals surface area (Å²) in [6.07, 6.45) is -4.83. The molecule has 5 nitrogen and oxygen atoms in total. The van der Waals surface area contributed by atoms with E-state index in [4.69, 9.17) is 9.47 Å². The van der Waals surface area contributed by atoms with Gasteiger partial charge in [-0.1, -0.05) is 36.4 Å². The molecule has 0 aliphatic carbocycles. The molecule has 1 amide bonds. The minimum Gasteiger partial charge on any atom is -0.465 e. The van der Waals surface area contributed by atoms with E-state index in [0.717, 1.165) is 12.1 Å². The molecule has 3 rings (SSSR count). The maximum atomic E-state index is 13.0. The number of para-hydroxylation sites is 1. The van der Waals surface area contributed by atoms with Crippen LogP contribution in [-0.2, 0) is 26.9 Å². The zero-order valence-electron chi connectivity index (χ0n) is 17.8. The molecule has 0 unspecified atom stereocenters. The molecule has 3 aromatic carbocycles. The predicted molar refractivity (Wildman–Crippen MR) is 117 cm³/mol. The summed E-state index contributed by atoms with van der Waals surface area (Å²) in [5, 5.41) is 0. The molecule has 0 saturated heterocycles. The summed E-state index contributed by atoms with van der Waals surface area (Å²) < 4.78 is 49.7. The number of rotatable bonds is 8. The number of halogens is 3. The van der Waals surface area contributed by atoms with Crippen LogP contribution in [0, 0.1) is 0 Å². The van der Waals surface area contributed by atoms with Crippen molar-refractivity contribution in [3.05, 3.63) is 90.0 Å². The monoisotopic (exact) mass is 457 g/mol. The first-order chi connectivity index (χ1) is 15.8. The second-order valence-corrected chi connectivity index (χ2v) is 7.07. The van der Waals surface area contributed by atoms with Gasteiger partial charge in [-0.05, 0) is 55.0 Å². The standard InChI is InChI=1S/C25H22F3NO4/c1-2-32-24(31)17-29(23(30)16-18-7-6-8-19(15-18)25(26,27)28)20-11-13-22(14-12-20)33-21-9-4-3-5-10-21/h3-15H,2,16-17H2,1H3. The van der Waals surface area contributed by atoms with Gasteiger partial charge in [0.2, 0.25) is 5.91 Å². The van der Waals surface area contributed by atoms with Crippen LogP contribution in [0.25, 0.3) is 0 Å². The van der Waals surface area contributed by atoms with Gasteiger partial charge in [-0.15, -0.1) is 0 Å². The van der Waals surface area contributed by atoms with Crippen LogP contribution < -0.4 is 9.64 Å². The van der Waals surface area contributed by atoms with E-state index in [1.165, 1.54) is 17.0 Å². The molecule has 0 spiro atoms. The van der Waals surface area contributed by atoms with Crippen molar-refractivity contribution in [2.24, 2.45) is 0 Å². The Morgan fingerprint density at radius 1 is 0.879 bits per heavy atom. The van der Waals surface area contributed by atoms with E-state index in [2.05, 4.69) is 0 Å². The van der Waals surface area contributed by atoms with E-state index in [1.807, 2.05) is 18.2 Å². The fourth-order valence-corrected chi connectivity index (χ4v) is 3.11. The lowest BCUT2D eigenvalue weighted by Gasteiger charge is -2.22. The molecule has 0 atom stereocenters. The molecule has 8 heteroatoms. The highest BCUT2D eigenvalue weighted by Crippen LogP contribution is 2.30. The van der Waals surface area contributed by atoms with Crippen LogP contribution >= 0.6 is 0 Å². The van der Waals surface area contributed by atoms with Crippen LogP contribution in [-0.4, -0.2) is 25.0 Å². The second kappa shape index (κ2) is 10.7. The van der Waals surface area contributed by atoms with Gasteiger partial charge < -0.3 is 14.4 Å². The molecule has 0 saturated carbocycles. The summed E-state index contributed by atoms with van der Waals surface area (Å²) in [5.41, 5.74) is -0.264. The highest BCUT2D eigenvalue weighted by Gasteiger charge is 2.30. The minimum atomic E-state index is -4.52.